The molecule has 1 fully saturated rings. The Morgan fingerprint density at radius 3 is 2.70 bits per heavy atom. The fraction of sp³-hybridized carbons (Fsp3) is 0.524. The molecule has 0 unspecified atom stereocenters. The van der Waals surface area contributed by atoms with E-state index in [-0.39, 0.29) is 0 Å². The second-order valence-corrected chi connectivity index (χ2v) is 7.42. The number of hydrogen-bond donors (Lipinski definition) is 0. The molecule has 0 aromatic heterocycles. The van der Waals surface area contributed by atoms with Gasteiger partial charge in [0.15, 0.2) is 0 Å². The molecule has 3 heterocycles. The Hall–Kier alpha value is -2.18. The molecule has 5 atom stereocenters. The minimum atomic E-state index is -1.01. The second-order valence-electron chi connectivity index (χ2n) is 7.42. The van der Waals surface area contributed by atoms with E-state index in [1.54, 1.807) is 6.92 Å². The van der Waals surface area contributed by atoms with E-state index in [0.29, 0.717) is 24.2 Å². The molecule has 0 aliphatic carbocycles. The van der Waals surface area contributed by atoms with E-state index in [4.69, 9.17) is 18.9 Å². The van der Waals surface area contributed by atoms with Gasteiger partial charge >= 0.3 is 11.9 Å². The van der Waals surface area contributed by atoms with Crippen LogP contribution in [0, 0.1) is 5.92 Å². The van der Waals surface area contributed by atoms with Crippen molar-refractivity contribution >= 4 is 11.9 Å². The minimum absolute atomic E-state index is 0.291. The zero-order valence-corrected chi connectivity index (χ0v) is 16.2. The number of carbonyl (C=O) groups is 2. The number of hydrogen-bond acceptors (Lipinski definition) is 6. The number of ether oxygens (including phenoxy) is 4. The molecule has 6 nitrogen and oxygen atoms in total. The zero-order valence-electron chi connectivity index (χ0n) is 16.2. The van der Waals surface area contributed by atoms with Gasteiger partial charge in [-0.25, -0.2) is 9.59 Å². The molecule has 1 saturated heterocycles. The van der Waals surface area contributed by atoms with E-state index in [0.717, 1.165) is 11.1 Å². The van der Waals surface area contributed by atoms with Crippen molar-refractivity contribution in [2.45, 2.75) is 58.2 Å². The van der Waals surface area contributed by atoms with Gasteiger partial charge in [-0.15, -0.1) is 0 Å². The molecule has 0 aromatic rings. The van der Waals surface area contributed by atoms with Crippen LogP contribution in [0.2, 0.25) is 0 Å². The maximum absolute atomic E-state index is 12.3. The van der Waals surface area contributed by atoms with Gasteiger partial charge in [-0.05, 0) is 45.4 Å². The van der Waals surface area contributed by atoms with Crippen LogP contribution in [0.5, 0.6) is 0 Å². The maximum atomic E-state index is 12.3. The highest BCUT2D eigenvalue weighted by Crippen LogP contribution is 2.44. The van der Waals surface area contributed by atoms with Crippen LogP contribution >= 0.6 is 0 Å². The van der Waals surface area contributed by atoms with E-state index in [2.05, 4.69) is 13.2 Å². The number of fused-ring (bicyclic) bond motifs is 4. The van der Waals surface area contributed by atoms with Crippen LogP contribution in [-0.2, 0) is 28.5 Å². The monoisotopic (exact) mass is 374 g/mol. The van der Waals surface area contributed by atoms with Crippen molar-refractivity contribution in [1.82, 2.24) is 0 Å². The largest absolute Gasteiger partial charge is 0.458 e. The van der Waals surface area contributed by atoms with Gasteiger partial charge in [0, 0.05) is 24.2 Å². The van der Waals surface area contributed by atoms with Gasteiger partial charge in [0.1, 0.15) is 18.3 Å². The molecule has 3 rings (SSSR count). The summed E-state index contributed by atoms with van der Waals surface area (Å²) in [4.78, 5) is 24.5. The standard InChI is InChI=1S/C21H26O6/c1-7-24-21-9-12(4)8-15(25-19(22)11(2)3)16-14(6)20(23)26-18(16)17(27-21)13(5)10-21/h9-10,15-18H,2,6-8H2,1,3-5H3/t15-,16-,17-,18-,21-/m0/s1. The van der Waals surface area contributed by atoms with E-state index in [1.165, 1.54) is 0 Å². The fourth-order valence-corrected chi connectivity index (χ4v) is 3.96. The smallest absolute Gasteiger partial charge is 0.334 e. The molecule has 0 amide bonds. The summed E-state index contributed by atoms with van der Waals surface area (Å²) in [5, 5.41) is 0. The van der Waals surface area contributed by atoms with Gasteiger partial charge in [-0.1, -0.05) is 18.7 Å². The van der Waals surface area contributed by atoms with E-state index < -0.39 is 42.0 Å². The molecule has 0 radical (unpaired) electrons. The van der Waals surface area contributed by atoms with Gasteiger partial charge < -0.3 is 18.9 Å². The minimum Gasteiger partial charge on any atom is -0.458 e. The lowest BCUT2D eigenvalue weighted by molar-refractivity contribution is -0.198. The first-order valence-electron chi connectivity index (χ1n) is 9.13. The SMILES string of the molecule is C=C(C)C(=O)O[C@H]1CC(C)=C[C@@]2(OCC)C=C(C)[C@H](O2)[C@H]2OC(=O)C(=C)[C@H]21. The molecule has 0 aromatic carbocycles. The Balaban J connectivity index is 2.06. The van der Waals surface area contributed by atoms with Crippen LogP contribution in [0.4, 0.5) is 0 Å². The van der Waals surface area contributed by atoms with Crippen molar-refractivity contribution in [3.63, 3.8) is 0 Å². The van der Waals surface area contributed by atoms with Crippen molar-refractivity contribution in [3.8, 4) is 0 Å². The van der Waals surface area contributed by atoms with Gasteiger partial charge in [0.2, 0.25) is 5.79 Å². The first kappa shape index (κ1) is 19.6. The zero-order chi connectivity index (χ0) is 19.9. The lowest BCUT2D eigenvalue weighted by Gasteiger charge is -2.30. The van der Waals surface area contributed by atoms with Gasteiger partial charge in [0.05, 0.1) is 5.92 Å². The first-order chi connectivity index (χ1) is 12.7. The number of esters is 2. The van der Waals surface area contributed by atoms with Crippen LogP contribution < -0.4 is 0 Å². The summed E-state index contributed by atoms with van der Waals surface area (Å²) in [6.07, 6.45) is 2.48. The van der Waals surface area contributed by atoms with Crippen molar-refractivity contribution in [2.75, 3.05) is 6.61 Å². The second kappa shape index (κ2) is 7.09. The van der Waals surface area contributed by atoms with Crippen LogP contribution in [0.3, 0.4) is 0 Å². The normalized spacial score (nSPS) is 35.3. The quantitative estimate of drug-likeness (QED) is 0.428. The predicted octanol–water partition coefficient (Wildman–Crippen LogP) is 3.00. The third-order valence-electron chi connectivity index (χ3n) is 5.10. The van der Waals surface area contributed by atoms with E-state index >= 15 is 0 Å². The molecule has 146 valence electrons. The molecule has 0 spiro atoms. The Bertz CT molecular complexity index is 761. The maximum Gasteiger partial charge on any atom is 0.334 e. The van der Waals surface area contributed by atoms with Crippen molar-refractivity contribution in [3.05, 3.63) is 47.6 Å². The summed E-state index contributed by atoms with van der Waals surface area (Å²) in [6.45, 7) is 15.3. The number of carbonyl (C=O) groups excluding carboxylic acids is 2. The summed E-state index contributed by atoms with van der Waals surface area (Å²) in [5.41, 5.74) is 2.40. The van der Waals surface area contributed by atoms with Crippen molar-refractivity contribution < 1.29 is 28.5 Å². The van der Waals surface area contributed by atoms with Crippen molar-refractivity contribution in [1.29, 1.82) is 0 Å². The van der Waals surface area contributed by atoms with Gasteiger partial charge in [0.25, 0.3) is 0 Å². The third kappa shape index (κ3) is 3.51. The molecule has 3 aliphatic rings. The lowest BCUT2D eigenvalue weighted by atomic mass is 9.83. The van der Waals surface area contributed by atoms with Gasteiger partial charge in [-0.2, -0.15) is 0 Å². The Morgan fingerprint density at radius 2 is 2.07 bits per heavy atom. The van der Waals surface area contributed by atoms with Crippen LogP contribution in [-0.4, -0.2) is 42.6 Å². The molecule has 0 saturated carbocycles. The molecule has 6 heteroatoms. The summed E-state index contributed by atoms with van der Waals surface area (Å²) < 4.78 is 23.4. The average Bonchev–Trinajstić information content (AvgIpc) is 3.04. The van der Waals surface area contributed by atoms with E-state index in [9.17, 15) is 9.59 Å². The van der Waals surface area contributed by atoms with E-state index in [1.807, 2.05) is 32.9 Å². The summed E-state index contributed by atoms with van der Waals surface area (Å²) in [5.74, 6) is -2.51. The van der Waals surface area contributed by atoms with Crippen LogP contribution in [0.25, 0.3) is 0 Å². The number of rotatable bonds is 4. The van der Waals surface area contributed by atoms with Crippen molar-refractivity contribution in [2.24, 2.45) is 5.92 Å². The average molecular weight is 374 g/mol. The molecule has 3 aliphatic heterocycles. The predicted molar refractivity (Wildman–Crippen MR) is 98.6 cm³/mol. The molecule has 2 bridgehead atoms. The summed E-state index contributed by atoms with van der Waals surface area (Å²) in [7, 11) is 0. The lowest BCUT2D eigenvalue weighted by Crippen LogP contribution is -2.42. The summed E-state index contributed by atoms with van der Waals surface area (Å²) >= 11 is 0. The Kier molecular flexibility index (Phi) is 5.14. The highest BCUT2D eigenvalue weighted by atomic mass is 16.7. The van der Waals surface area contributed by atoms with Crippen LogP contribution in [0.1, 0.15) is 34.1 Å². The molecule has 0 N–H and O–H groups in total. The fourth-order valence-electron chi connectivity index (χ4n) is 3.96. The molecular weight excluding hydrogens is 348 g/mol. The summed E-state index contributed by atoms with van der Waals surface area (Å²) in [6, 6.07) is 0. The third-order valence-corrected chi connectivity index (χ3v) is 5.10. The topological polar surface area (TPSA) is 71.1 Å². The Morgan fingerprint density at radius 1 is 1.37 bits per heavy atom. The highest BCUT2D eigenvalue weighted by Gasteiger charge is 2.54. The van der Waals surface area contributed by atoms with Gasteiger partial charge in [-0.3, -0.25) is 0 Å². The molecular formula is C21H26O6. The molecule has 27 heavy (non-hydrogen) atoms. The van der Waals surface area contributed by atoms with Crippen LogP contribution in [0.15, 0.2) is 47.6 Å². The first-order valence-corrected chi connectivity index (χ1v) is 9.13. The Labute approximate surface area is 159 Å². The highest BCUT2D eigenvalue weighted by molar-refractivity contribution is 5.91.